The normalized spacial score (nSPS) is 40.4. The Kier molecular flexibility index (Phi) is 4.56. The van der Waals surface area contributed by atoms with Gasteiger partial charge in [0, 0.05) is 5.41 Å². The maximum atomic E-state index is 13.0. The maximum absolute atomic E-state index is 13.0. The lowest BCUT2D eigenvalue weighted by Crippen LogP contribution is -2.62. The van der Waals surface area contributed by atoms with Gasteiger partial charge in [0.2, 0.25) is 0 Å². The number of carbonyl (C=O) groups is 1. The molecule has 4 bridgehead atoms. The number of fused-ring (bicyclic) bond motifs is 1. The van der Waals surface area contributed by atoms with E-state index < -0.39 is 18.3 Å². The quantitative estimate of drug-likeness (QED) is 0.645. The minimum absolute atomic E-state index is 0.183. The zero-order chi connectivity index (χ0) is 22.2. The Balaban J connectivity index is 1.54. The van der Waals surface area contributed by atoms with Crippen molar-refractivity contribution in [1.29, 1.82) is 5.26 Å². The largest absolute Gasteiger partial charge is 0.493 e. The molecule has 6 aliphatic rings. The molecule has 4 saturated carbocycles. The minimum Gasteiger partial charge on any atom is -0.329 e. The molecule has 2 unspecified atom stereocenters. The van der Waals surface area contributed by atoms with E-state index in [0.29, 0.717) is 30.6 Å². The number of nitriles is 1. The summed E-state index contributed by atoms with van der Waals surface area (Å²) < 4.78 is 38.9. The highest BCUT2D eigenvalue weighted by atomic mass is 19.4. The molecule has 0 spiro atoms. The van der Waals surface area contributed by atoms with Gasteiger partial charge in [-0.3, -0.25) is 0 Å². The minimum atomic E-state index is -5.08. The van der Waals surface area contributed by atoms with Crippen molar-refractivity contribution >= 4 is 11.8 Å². The lowest BCUT2D eigenvalue weighted by atomic mass is 9.49. The second kappa shape index (κ2) is 6.76. The molecule has 9 heteroatoms. The van der Waals surface area contributed by atoms with E-state index in [-0.39, 0.29) is 23.3 Å². The number of nitrogens with zero attached hydrogens (tertiary/aromatic N) is 4. The summed E-state index contributed by atoms with van der Waals surface area (Å²) in [6.45, 7) is 4.21. The van der Waals surface area contributed by atoms with Gasteiger partial charge in [0.05, 0.1) is 18.5 Å². The van der Waals surface area contributed by atoms with E-state index in [2.05, 4.69) is 29.9 Å². The number of carbonyl (C=O) groups excluding carboxylic acids is 1. The van der Waals surface area contributed by atoms with Crippen molar-refractivity contribution in [1.82, 2.24) is 10.1 Å². The number of piperidine rings is 1. The van der Waals surface area contributed by atoms with Crippen molar-refractivity contribution in [2.75, 3.05) is 0 Å². The Bertz CT molecular complexity index is 811. The standard InChI is InChI=1S/C22H29F3N4O2/c1-20(2)5-3-17-28(16(20)4-6-26)18(27-29(17)31-19(30)22(23,24)25)21-10-13-7-14(11-21)9-15(8-13)12-21/h13-17H,3-5,7-12H2,1-2H3. The zero-order valence-corrected chi connectivity index (χ0v) is 18.0. The fraction of sp³-hybridized carbons (Fsp3) is 0.864. The van der Waals surface area contributed by atoms with Gasteiger partial charge in [0.1, 0.15) is 5.84 Å². The first-order valence-corrected chi connectivity index (χ1v) is 11.4. The number of amidine groups is 1. The van der Waals surface area contributed by atoms with Crippen LogP contribution in [0.5, 0.6) is 0 Å². The van der Waals surface area contributed by atoms with Gasteiger partial charge < -0.3 is 9.74 Å². The molecule has 170 valence electrons. The third kappa shape index (κ3) is 3.28. The molecule has 6 nitrogen and oxygen atoms in total. The lowest BCUT2D eigenvalue weighted by molar-refractivity contribution is -0.255. The second-order valence-electron chi connectivity index (χ2n) is 11.1. The molecule has 31 heavy (non-hydrogen) atoms. The monoisotopic (exact) mass is 438 g/mol. The van der Waals surface area contributed by atoms with Crippen LogP contribution < -0.4 is 0 Å². The fourth-order valence-corrected chi connectivity index (χ4v) is 7.55. The van der Waals surface area contributed by atoms with Gasteiger partial charge >= 0.3 is 12.1 Å². The van der Waals surface area contributed by atoms with Crippen LogP contribution in [0, 0.1) is 39.9 Å². The van der Waals surface area contributed by atoms with Gasteiger partial charge in [-0.1, -0.05) is 19.0 Å². The first kappa shape index (κ1) is 20.9. The number of alkyl halides is 3. The highest BCUT2D eigenvalue weighted by Gasteiger charge is 2.60. The van der Waals surface area contributed by atoms with Crippen LogP contribution in [0.4, 0.5) is 13.2 Å². The summed E-state index contributed by atoms with van der Waals surface area (Å²) in [6.07, 6.45) is 2.50. The lowest BCUT2D eigenvalue weighted by Gasteiger charge is -2.59. The van der Waals surface area contributed by atoms with Crippen LogP contribution in [0.1, 0.15) is 71.6 Å². The highest BCUT2D eigenvalue weighted by Crippen LogP contribution is 2.62. The molecule has 0 aromatic heterocycles. The predicted molar refractivity (Wildman–Crippen MR) is 105 cm³/mol. The average Bonchev–Trinajstić information content (AvgIpc) is 3.01. The van der Waals surface area contributed by atoms with Gasteiger partial charge in [-0.15, -0.1) is 5.10 Å². The van der Waals surface area contributed by atoms with E-state index in [1.165, 1.54) is 19.3 Å². The third-order valence-electron chi connectivity index (χ3n) is 8.50. The van der Waals surface area contributed by atoms with Crippen molar-refractivity contribution in [3.05, 3.63) is 0 Å². The summed E-state index contributed by atoms with van der Waals surface area (Å²) >= 11 is 0. The predicted octanol–water partition coefficient (Wildman–Crippen LogP) is 4.58. The van der Waals surface area contributed by atoms with Crippen molar-refractivity contribution in [3.63, 3.8) is 0 Å². The second-order valence-corrected chi connectivity index (χ2v) is 11.1. The third-order valence-corrected chi connectivity index (χ3v) is 8.50. The van der Waals surface area contributed by atoms with Crippen LogP contribution in [0.25, 0.3) is 0 Å². The first-order valence-electron chi connectivity index (χ1n) is 11.4. The van der Waals surface area contributed by atoms with E-state index in [0.717, 1.165) is 30.3 Å². The molecule has 0 radical (unpaired) electrons. The number of hydrazone groups is 1. The van der Waals surface area contributed by atoms with Crippen LogP contribution in [-0.4, -0.2) is 40.3 Å². The Labute approximate surface area is 180 Å². The summed E-state index contributed by atoms with van der Waals surface area (Å²) in [5, 5.41) is 15.0. The highest BCUT2D eigenvalue weighted by molar-refractivity contribution is 5.90. The molecule has 0 aromatic rings. The molecule has 2 atom stereocenters. The molecule has 6 rings (SSSR count). The van der Waals surface area contributed by atoms with Crippen molar-refractivity contribution in [3.8, 4) is 6.07 Å². The van der Waals surface area contributed by atoms with Gasteiger partial charge in [-0.2, -0.15) is 18.4 Å². The summed E-state index contributed by atoms with van der Waals surface area (Å²) in [7, 11) is 0. The molecular weight excluding hydrogens is 409 g/mol. The van der Waals surface area contributed by atoms with Crippen molar-refractivity contribution in [2.24, 2.45) is 33.7 Å². The van der Waals surface area contributed by atoms with Gasteiger partial charge in [-0.05, 0) is 74.5 Å². The van der Waals surface area contributed by atoms with E-state index in [1.807, 2.05) is 0 Å². The topological polar surface area (TPSA) is 68.9 Å². The summed E-state index contributed by atoms with van der Waals surface area (Å²) in [4.78, 5) is 18.5. The van der Waals surface area contributed by atoms with E-state index in [1.54, 1.807) is 0 Å². The molecule has 0 amide bonds. The first-order chi connectivity index (χ1) is 14.5. The molecule has 0 aromatic carbocycles. The number of rotatable bonds is 3. The smallest absolute Gasteiger partial charge is 0.329 e. The molecule has 2 heterocycles. The van der Waals surface area contributed by atoms with Crippen LogP contribution >= 0.6 is 0 Å². The maximum Gasteiger partial charge on any atom is 0.493 e. The molecule has 0 N–H and O–H groups in total. The van der Waals surface area contributed by atoms with Gasteiger partial charge in [-0.25, -0.2) is 4.79 Å². The van der Waals surface area contributed by atoms with Gasteiger partial charge in [0.15, 0.2) is 6.17 Å². The number of hydrogen-bond donors (Lipinski definition) is 0. The summed E-state index contributed by atoms with van der Waals surface area (Å²) in [5.41, 5.74) is -0.382. The van der Waals surface area contributed by atoms with Crippen LogP contribution in [-0.2, 0) is 9.63 Å². The van der Waals surface area contributed by atoms with E-state index in [9.17, 15) is 23.2 Å². The molecule has 5 fully saturated rings. The van der Waals surface area contributed by atoms with Crippen LogP contribution in [0.3, 0.4) is 0 Å². The SMILES string of the molecule is CC1(C)CCC2N(OC(=O)C(F)(F)F)N=C(C34CC5CC(CC(C5)C3)C4)N2C1CC#N. The van der Waals surface area contributed by atoms with Crippen LogP contribution in [0.2, 0.25) is 0 Å². The fourth-order valence-electron chi connectivity index (χ4n) is 7.55. The summed E-state index contributed by atoms with van der Waals surface area (Å²) in [5.74, 6) is 0.411. The number of hydroxylamine groups is 1. The molecule has 1 saturated heterocycles. The number of hydrogen-bond acceptors (Lipinski definition) is 6. The van der Waals surface area contributed by atoms with E-state index in [4.69, 9.17) is 4.84 Å². The van der Waals surface area contributed by atoms with Crippen molar-refractivity contribution in [2.45, 2.75) is 90.0 Å². The van der Waals surface area contributed by atoms with Crippen molar-refractivity contribution < 1.29 is 22.8 Å². The van der Waals surface area contributed by atoms with Crippen LogP contribution in [0.15, 0.2) is 5.10 Å². The molecular formula is C22H29F3N4O2. The van der Waals surface area contributed by atoms with Gasteiger partial charge in [0.25, 0.3) is 0 Å². The average molecular weight is 438 g/mol. The Morgan fingerprint density at radius 2 is 1.77 bits per heavy atom. The molecule has 4 aliphatic carbocycles. The summed E-state index contributed by atoms with van der Waals surface area (Å²) in [6, 6.07) is 2.09. The Morgan fingerprint density at radius 1 is 1.19 bits per heavy atom. The van der Waals surface area contributed by atoms with E-state index >= 15 is 0 Å². The Hall–Kier alpha value is -1.98. The molecule has 2 aliphatic heterocycles. The Morgan fingerprint density at radius 3 is 2.29 bits per heavy atom. The number of halogens is 3. The zero-order valence-electron chi connectivity index (χ0n) is 18.0.